The molecule has 1 saturated heterocycles. The van der Waals surface area contributed by atoms with Gasteiger partial charge in [0.15, 0.2) is 5.13 Å². The molecule has 37 heavy (non-hydrogen) atoms. The molecular weight excluding hydrogens is 504 g/mol. The summed E-state index contributed by atoms with van der Waals surface area (Å²) in [6.45, 7) is 3.04. The highest BCUT2D eigenvalue weighted by Crippen LogP contribution is 2.48. The van der Waals surface area contributed by atoms with Crippen molar-refractivity contribution >= 4 is 48.9 Å². The lowest BCUT2D eigenvalue weighted by molar-refractivity contribution is -0.117. The number of hydrogen-bond acceptors (Lipinski definition) is 6. The second-order valence-electron chi connectivity index (χ2n) is 9.84. The van der Waals surface area contributed by atoms with Crippen molar-refractivity contribution in [3.05, 3.63) is 82.9 Å². The number of anilines is 2. The van der Waals surface area contributed by atoms with Gasteiger partial charge in [-0.1, -0.05) is 47.7 Å². The highest BCUT2D eigenvalue weighted by molar-refractivity contribution is 7.93. The molecular formula is C28H28N4O3S2. The molecule has 7 nitrogen and oxygen atoms in total. The maximum absolute atomic E-state index is 12.9. The van der Waals surface area contributed by atoms with Crippen LogP contribution in [-0.4, -0.2) is 25.9 Å². The van der Waals surface area contributed by atoms with Crippen LogP contribution in [0.15, 0.2) is 71.8 Å². The van der Waals surface area contributed by atoms with Crippen molar-refractivity contribution in [3.63, 3.8) is 0 Å². The monoisotopic (exact) mass is 532 g/mol. The van der Waals surface area contributed by atoms with Crippen LogP contribution >= 0.6 is 11.3 Å². The Morgan fingerprint density at radius 2 is 1.95 bits per heavy atom. The topological polar surface area (TPSA) is 100 Å². The fraction of sp³-hybridized carbons (Fsp3) is 0.286. The summed E-state index contributed by atoms with van der Waals surface area (Å²) in [7, 11) is -3.74. The van der Waals surface area contributed by atoms with Gasteiger partial charge in [0, 0.05) is 28.7 Å². The quantitative estimate of drug-likeness (QED) is 0.289. The Morgan fingerprint density at radius 3 is 2.73 bits per heavy atom. The molecule has 1 unspecified atom stereocenters. The first-order chi connectivity index (χ1) is 17.9. The molecule has 1 saturated carbocycles. The average Bonchev–Trinajstić information content (AvgIpc) is 3.26. The fourth-order valence-corrected chi connectivity index (χ4v) is 7.25. The van der Waals surface area contributed by atoms with Gasteiger partial charge in [0.1, 0.15) is 0 Å². The molecule has 1 aromatic heterocycles. The summed E-state index contributed by atoms with van der Waals surface area (Å²) in [6, 6.07) is 19.2. The van der Waals surface area contributed by atoms with Gasteiger partial charge in [-0.15, -0.1) is 0 Å². The second kappa shape index (κ2) is 9.55. The van der Waals surface area contributed by atoms with Crippen molar-refractivity contribution in [2.24, 2.45) is 5.92 Å². The molecule has 6 rings (SSSR count). The van der Waals surface area contributed by atoms with Gasteiger partial charge in [0.05, 0.1) is 4.90 Å². The van der Waals surface area contributed by atoms with Crippen LogP contribution in [0.3, 0.4) is 0 Å². The highest BCUT2D eigenvalue weighted by Gasteiger charge is 2.44. The Morgan fingerprint density at radius 1 is 1.11 bits per heavy atom. The zero-order valence-corrected chi connectivity index (χ0v) is 22.0. The third-order valence-electron chi connectivity index (χ3n) is 7.26. The van der Waals surface area contributed by atoms with Gasteiger partial charge in [0.2, 0.25) is 5.91 Å². The molecule has 190 valence electrons. The van der Waals surface area contributed by atoms with Crippen LogP contribution in [0.5, 0.6) is 0 Å². The van der Waals surface area contributed by atoms with Crippen molar-refractivity contribution in [1.82, 2.24) is 10.3 Å². The van der Waals surface area contributed by atoms with E-state index in [0.717, 1.165) is 52.7 Å². The Kier molecular flexibility index (Phi) is 6.22. The maximum atomic E-state index is 12.9. The molecule has 0 bridgehead atoms. The van der Waals surface area contributed by atoms with Crippen LogP contribution in [0.25, 0.3) is 10.8 Å². The third kappa shape index (κ3) is 4.99. The first-order valence-electron chi connectivity index (χ1n) is 12.5. The van der Waals surface area contributed by atoms with Crippen molar-refractivity contribution in [1.29, 1.82) is 0 Å². The molecule has 2 heterocycles. The molecule has 1 aliphatic heterocycles. The summed E-state index contributed by atoms with van der Waals surface area (Å²) in [6.07, 6.45) is 4.65. The number of aryl methyl sites for hydroxylation is 1. The van der Waals surface area contributed by atoms with E-state index in [1.54, 1.807) is 18.3 Å². The van der Waals surface area contributed by atoms with Crippen molar-refractivity contribution in [2.45, 2.75) is 43.0 Å². The highest BCUT2D eigenvalue weighted by atomic mass is 32.2. The molecule has 3 aromatic carbocycles. The van der Waals surface area contributed by atoms with Gasteiger partial charge >= 0.3 is 0 Å². The summed E-state index contributed by atoms with van der Waals surface area (Å²) >= 11 is 1.37. The van der Waals surface area contributed by atoms with E-state index in [1.165, 1.54) is 16.9 Å². The predicted molar refractivity (Wildman–Crippen MR) is 148 cm³/mol. The zero-order valence-electron chi connectivity index (χ0n) is 20.4. The molecule has 0 radical (unpaired) electrons. The molecule has 1 amide bonds. The van der Waals surface area contributed by atoms with E-state index in [0.29, 0.717) is 5.13 Å². The van der Waals surface area contributed by atoms with E-state index in [9.17, 15) is 13.2 Å². The van der Waals surface area contributed by atoms with Crippen LogP contribution < -0.4 is 15.4 Å². The number of hydrogen-bond donors (Lipinski definition) is 3. The number of amides is 1. The van der Waals surface area contributed by atoms with E-state index in [-0.39, 0.29) is 28.7 Å². The lowest BCUT2D eigenvalue weighted by Gasteiger charge is -2.09. The largest absolute Gasteiger partial charge is 0.326 e. The summed E-state index contributed by atoms with van der Waals surface area (Å²) in [5.74, 6) is -0.0361. The number of nitrogens with one attached hydrogen (secondary N) is 3. The number of carbonyl (C=O) groups excluding carboxylic acids is 1. The lowest BCUT2D eigenvalue weighted by Crippen LogP contribution is -2.14. The molecule has 9 heteroatoms. The minimum absolute atomic E-state index is 0.00683. The first kappa shape index (κ1) is 24.1. The van der Waals surface area contributed by atoms with Crippen molar-refractivity contribution < 1.29 is 13.2 Å². The summed E-state index contributed by atoms with van der Waals surface area (Å²) < 4.78 is 28.4. The molecule has 0 spiro atoms. The minimum Gasteiger partial charge on any atom is -0.326 e. The molecule has 2 aliphatic rings. The standard InChI is InChI=1S/C28H28N4O3S2/c1-17-4-2-5-18-7-10-20(14-22(17)18)31-27(33)24-15-23(24)19-8-11-21(12-9-19)37(34,35)32-28-30-16-26(36-28)25-6-3-13-29-25/h2,4-5,7-12,14,16,23-25,29H,3,6,13,15H2,1H3,(H,30,32)(H,31,33)/t23-,24+,25?/m0/s1. The summed E-state index contributed by atoms with van der Waals surface area (Å²) in [4.78, 5) is 18.4. The Bertz CT molecular complexity index is 1570. The first-order valence-corrected chi connectivity index (χ1v) is 14.8. The van der Waals surface area contributed by atoms with Crippen LogP contribution in [0.2, 0.25) is 0 Å². The maximum Gasteiger partial charge on any atom is 0.263 e. The van der Waals surface area contributed by atoms with Crippen LogP contribution in [0.4, 0.5) is 10.8 Å². The average molecular weight is 533 g/mol. The number of benzene rings is 3. The van der Waals surface area contributed by atoms with Gasteiger partial charge in [-0.3, -0.25) is 9.52 Å². The van der Waals surface area contributed by atoms with Crippen LogP contribution in [-0.2, 0) is 14.8 Å². The number of rotatable bonds is 7. The Labute approximate surface area is 220 Å². The number of carbonyl (C=O) groups is 1. The number of thiazole rings is 1. The molecule has 2 fully saturated rings. The molecule has 1 aliphatic carbocycles. The lowest BCUT2D eigenvalue weighted by atomic mass is 10.0. The molecule has 3 atom stereocenters. The van der Waals surface area contributed by atoms with Gasteiger partial charge in [-0.05, 0) is 84.8 Å². The second-order valence-corrected chi connectivity index (χ2v) is 12.6. The Balaban J connectivity index is 1.09. The van der Waals surface area contributed by atoms with E-state index >= 15 is 0 Å². The number of sulfonamides is 1. The predicted octanol–water partition coefficient (Wildman–Crippen LogP) is 5.57. The zero-order chi connectivity index (χ0) is 25.6. The molecule has 4 aromatic rings. The summed E-state index contributed by atoms with van der Waals surface area (Å²) in [5, 5.41) is 9.10. The van der Waals surface area contributed by atoms with E-state index in [2.05, 4.69) is 39.4 Å². The SMILES string of the molecule is Cc1cccc2ccc(NC(=O)[C@@H]3C[C@H]3c3ccc(S(=O)(=O)Nc4ncc(C5CCCN5)s4)cc3)cc12. The number of fused-ring (bicyclic) bond motifs is 1. The number of aromatic nitrogens is 1. The third-order valence-corrected chi connectivity index (χ3v) is 9.77. The smallest absolute Gasteiger partial charge is 0.263 e. The van der Waals surface area contributed by atoms with Gasteiger partial charge in [0.25, 0.3) is 10.0 Å². The fourth-order valence-electron chi connectivity index (χ4n) is 5.09. The number of nitrogens with zero attached hydrogens (tertiary/aromatic N) is 1. The molecule has 3 N–H and O–H groups in total. The minimum atomic E-state index is -3.74. The van der Waals surface area contributed by atoms with Gasteiger partial charge in [-0.2, -0.15) is 0 Å². The van der Waals surface area contributed by atoms with Gasteiger partial charge < -0.3 is 10.6 Å². The van der Waals surface area contributed by atoms with E-state index in [4.69, 9.17) is 0 Å². The van der Waals surface area contributed by atoms with Crippen molar-refractivity contribution in [3.8, 4) is 0 Å². The van der Waals surface area contributed by atoms with Crippen LogP contribution in [0, 0.1) is 12.8 Å². The summed E-state index contributed by atoms with van der Waals surface area (Å²) in [5.41, 5.74) is 2.93. The van der Waals surface area contributed by atoms with Crippen molar-refractivity contribution in [2.75, 3.05) is 16.6 Å². The van der Waals surface area contributed by atoms with Gasteiger partial charge in [-0.25, -0.2) is 13.4 Å². The normalized spacial score (nSPS) is 21.2. The Hall–Kier alpha value is -3.27. The van der Waals surface area contributed by atoms with Crippen LogP contribution in [0.1, 0.15) is 47.2 Å². The van der Waals surface area contributed by atoms with E-state index in [1.807, 2.05) is 36.4 Å². The van der Waals surface area contributed by atoms with E-state index < -0.39 is 10.0 Å².